The van der Waals surface area contributed by atoms with Gasteiger partial charge in [0.2, 0.25) is 5.91 Å². The lowest BCUT2D eigenvalue weighted by molar-refractivity contribution is -0.121. The number of amides is 1. The van der Waals surface area contributed by atoms with Gasteiger partial charge in [0, 0.05) is 21.9 Å². The van der Waals surface area contributed by atoms with Gasteiger partial charge in [-0.15, -0.1) is 0 Å². The summed E-state index contributed by atoms with van der Waals surface area (Å²) in [6.07, 6.45) is 3.26. The first-order valence-corrected chi connectivity index (χ1v) is 10.0. The normalized spacial score (nSPS) is 19.6. The Hall–Kier alpha value is -2.04. The molecule has 1 aromatic carbocycles. The van der Waals surface area contributed by atoms with Crippen molar-refractivity contribution in [2.24, 2.45) is 11.8 Å². The minimum atomic E-state index is -0.381. The Balaban J connectivity index is 1.80. The third-order valence-corrected chi connectivity index (χ3v) is 6.16. The van der Waals surface area contributed by atoms with E-state index in [1.54, 1.807) is 19.1 Å². The number of anilines is 1. The minimum absolute atomic E-state index is 0.0124. The van der Waals surface area contributed by atoms with Crippen LogP contribution in [0.5, 0.6) is 0 Å². The molecule has 2 aromatic rings. The first-order valence-electron chi connectivity index (χ1n) is 8.48. The molecule has 1 aliphatic carbocycles. The van der Waals surface area contributed by atoms with E-state index in [1.807, 2.05) is 12.1 Å². The zero-order valence-electron chi connectivity index (χ0n) is 14.3. The first-order chi connectivity index (χ1) is 12.5. The molecule has 26 heavy (non-hydrogen) atoms. The van der Waals surface area contributed by atoms with Crippen LogP contribution in [-0.2, 0) is 4.79 Å². The van der Waals surface area contributed by atoms with E-state index in [4.69, 9.17) is 0 Å². The Morgan fingerprint density at radius 1 is 1.23 bits per heavy atom. The summed E-state index contributed by atoms with van der Waals surface area (Å²) in [5.41, 5.74) is 1.64. The molecule has 0 bridgehead atoms. The summed E-state index contributed by atoms with van der Waals surface area (Å²) in [7, 11) is 0. The molecule has 0 radical (unpaired) electrons. The van der Waals surface area contributed by atoms with Gasteiger partial charge in [-0.05, 0) is 43.4 Å². The number of carbonyl (C=O) groups is 2. The lowest BCUT2D eigenvalue weighted by atomic mass is 9.75. The topological polar surface area (TPSA) is 82.8 Å². The molecular weight excluding hydrogens is 414 g/mol. The monoisotopic (exact) mass is 431 g/mol. The number of aryl methyl sites for hydroxylation is 1. The number of hydrogen-bond donors (Lipinski definition) is 1. The van der Waals surface area contributed by atoms with Crippen LogP contribution in [0.25, 0.3) is 0 Å². The van der Waals surface area contributed by atoms with Gasteiger partial charge in [-0.3, -0.25) is 9.59 Å². The van der Waals surface area contributed by atoms with Crippen molar-refractivity contribution in [3.8, 4) is 6.07 Å². The molecule has 134 valence electrons. The maximum absolute atomic E-state index is 12.9. The van der Waals surface area contributed by atoms with Crippen molar-refractivity contribution in [2.45, 2.75) is 32.6 Å². The fourth-order valence-electron chi connectivity index (χ4n) is 3.38. The number of rotatable bonds is 4. The van der Waals surface area contributed by atoms with E-state index in [1.165, 1.54) is 0 Å². The highest BCUT2D eigenvalue weighted by molar-refractivity contribution is 9.10. The fraction of sp³-hybridized carbons (Fsp3) is 0.368. The fourth-order valence-corrected chi connectivity index (χ4v) is 4.39. The summed E-state index contributed by atoms with van der Waals surface area (Å²) in [5.74, 6) is -0.892. The zero-order chi connectivity index (χ0) is 18.7. The van der Waals surface area contributed by atoms with Crippen LogP contribution >= 0.6 is 27.5 Å². The minimum Gasteiger partial charge on any atom is -0.315 e. The molecule has 1 aromatic heterocycles. The van der Waals surface area contributed by atoms with Crippen molar-refractivity contribution >= 4 is 44.2 Å². The summed E-state index contributed by atoms with van der Waals surface area (Å²) in [6, 6.07) is 9.33. The van der Waals surface area contributed by atoms with Crippen LogP contribution in [-0.4, -0.2) is 16.1 Å². The highest BCUT2D eigenvalue weighted by atomic mass is 79.9. The molecule has 5 nitrogen and oxygen atoms in total. The van der Waals surface area contributed by atoms with Gasteiger partial charge in [0.25, 0.3) is 0 Å². The maximum atomic E-state index is 12.9. The molecule has 2 atom stereocenters. The predicted molar refractivity (Wildman–Crippen MR) is 104 cm³/mol. The quantitative estimate of drug-likeness (QED) is 0.710. The van der Waals surface area contributed by atoms with Crippen molar-refractivity contribution in [1.82, 2.24) is 4.37 Å². The van der Waals surface area contributed by atoms with Crippen molar-refractivity contribution < 1.29 is 9.59 Å². The lowest BCUT2D eigenvalue weighted by Crippen LogP contribution is -2.36. The van der Waals surface area contributed by atoms with Gasteiger partial charge in [-0.1, -0.05) is 40.9 Å². The summed E-state index contributed by atoms with van der Waals surface area (Å²) in [6.45, 7) is 1.74. The number of aromatic nitrogens is 1. The van der Waals surface area contributed by atoms with E-state index in [0.717, 1.165) is 28.8 Å². The summed E-state index contributed by atoms with van der Waals surface area (Å²) >= 11 is 4.48. The standard InChI is InChI=1S/C19H18BrN3O2S/c1-11-16(10-21)19(26-23-11)22-18(25)15-5-3-2-4-14(15)17(24)12-6-8-13(20)9-7-12/h6-9,14-15H,2-5H2,1H3,(H,22,25)/t14?,15-/m0/s1. The molecule has 1 aliphatic rings. The van der Waals surface area contributed by atoms with Gasteiger partial charge >= 0.3 is 0 Å². The SMILES string of the molecule is Cc1nsc(NC(=O)[C@H]2CCCCC2C(=O)c2ccc(Br)cc2)c1C#N. The number of benzene rings is 1. The molecule has 1 N–H and O–H groups in total. The van der Waals surface area contributed by atoms with Gasteiger partial charge in [0.1, 0.15) is 16.6 Å². The second-order valence-electron chi connectivity index (χ2n) is 6.44. The van der Waals surface area contributed by atoms with Gasteiger partial charge < -0.3 is 5.32 Å². The number of ketones is 1. The third-order valence-electron chi connectivity index (χ3n) is 4.78. The van der Waals surface area contributed by atoms with Crippen LogP contribution in [0.15, 0.2) is 28.7 Å². The smallest absolute Gasteiger partial charge is 0.228 e. The van der Waals surface area contributed by atoms with Gasteiger partial charge in [0.05, 0.1) is 5.69 Å². The number of halogens is 1. The molecule has 1 saturated carbocycles. The Morgan fingerprint density at radius 3 is 2.54 bits per heavy atom. The van der Waals surface area contributed by atoms with Crippen LogP contribution in [0, 0.1) is 30.1 Å². The van der Waals surface area contributed by atoms with Gasteiger partial charge in [-0.2, -0.15) is 9.64 Å². The number of nitriles is 1. The third kappa shape index (κ3) is 3.87. The molecule has 0 saturated heterocycles. The van der Waals surface area contributed by atoms with Crippen LogP contribution < -0.4 is 5.32 Å². The van der Waals surface area contributed by atoms with Crippen LogP contribution in [0.4, 0.5) is 5.00 Å². The molecule has 1 unspecified atom stereocenters. The Bertz CT molecular complexity index is 870. The molecular formula is C19H18BrN3O2S. The van der Waals surface area contributed by atoms with Crippen molar-refractivity contribution in [3.05, 3.63) is 45.6 Å². The molecule has 1 amide bonds. The first kappa shape index (κ1) is 18.7. The van der Waals surface area contributed by atoms with E-state index < -0.39 is 0 Å². The summed E-state index contributed by atoms with van der Waals surface area (Å²) in [4.78, 5) is 25.8. The van der Waals surface area contributed by atoms with E-state index in [9.17, 15) is 14.9 Å². The van der Waals surface area contributed by atoms with Crippen LogP contribution in [0.3, 0.4) is 0 Å². The number of nitrogens with one attached hydrogen (secondary N) is 1. The Labute approximate surface area is 164 Å². The second kappa shape index (κ2) is 8.11. The van der Waals surface area contributed by atoms with Crippen molar-refractivity contribution in [2.75, 3.05) is 5.32 Å². The predicted octanol–water partition coefficient (Wildman–Crippen LogP) is 4.71. The highest BCUT2D eigenvalue weighted by Crippen LogP contribution is 2.34. The zero-order valence-corrected chi connectivity index (χ0v) is 16.7. The van der Waals surface area contributed by atoms with Gasteiger partial charge in [-0.25, -0.2) is 0 Å². The van der Waals surface area contributed by atoms with E-state index in [0.29, 0.717) is 34.7 Å². The molecule has 7 heteroatoms. The Kier molecular flexibility index (Phi) is 5.84. The number of Topliss-reactive ketones (excluding diaryl/α,β-unsaturated/α-hetero) is 1. The van der Waals surface area contributed by atoms with Crippen molar-refractivity contribution in [3.63, 3.8) is 0 Å². The average Bonchev–Trinajstić information content (AvgIpc) is 3.01. The number of hydrogen-bond acceptors (Lipinski definition) is 5. The Morgan fingerprint density at radius 2 is 1.88 bits per heavy atom. The summed E-state index contributed by atoms with van der Waals surface area (Å²) < 4.78 is 5.04. The van der Waals surface area contributed by atoms with Gasteiger partial charge in [0.15, 0.2) is 5.78 Å². The van der Waals surface area contributed by atoms with E-state index >= 15 is 0 Å². The molecule has 1 heterocycles. The van der Waals surface area contributed by atoms with Crippen LogP contribution in [0.2, 0.25) is 0 Å². The van der Waals surface area contributed by atoms with Crippen molar-refractivity contribution in [1.29, 1.82) is 5.26 Å². The number of carbonyl (C=O) groups excluding carboxylic acids is 2. The molecule has 3 rings (SSSR count). The largest absolute Gasteiger partial charge is 0.315 e. The number of nitrogens with zero attached hydrogens (tertiary/aromatic N) is 2. The molecule has 0 aliphatic heterocycles. The second-order valence-corrected chi connectivity index (χ2v) is 8.13. The molecule has 0 spiro atoms. The van der Waals surface area contributed by atoms with Crippen LogP contribution in [0.1, 0.15) is 47.3 Å². The maximum Gasteiger partial charge on any atom is 0.228 e. The highest BCUT2D eigenvalue weighted by Gasteiger charge is 2.36. The average molecular weight is 432 g/mol. The lowest BCUT2D eigenvalue weighted by Gasteiger charge is -2.29. The molecule has 1 fully saturated rings. The van der Waals surface area contributed by atoms with E-state index in [2.05, 4.69) is 31.7 Å². The summed E-state index contributed by atoms with van der Waals surface area (Å²) in [5, 5.41) is 12.5. The van der Waals surface area contributed by atoms with E-state index in [-0.39, 0.29) is 23.5 Å².